The molecular formula is C46H35N5. The summed E-state index contributed by atoms with van der Waals surface area (Å²) in [6, 6.07) is 46.7. The largest absolute Gasteiger partial charge is 0.309 e. The van der Waals surface area contributed by atoms with Crippen LogP contribution in [0.5, 0.6) is 0 Å². The smallest absolute Gasteiger partial charge is 0.145 e. The van der Waals surface area contributed by atoms with Crippen LogP contribution in [0.1, 0.15) is 49.9 Å². The van der Waals surface area contributed by atoms with E-state index in [2.05, 4.69) is 163 Å². The molecule has 2 aliphatic rings. The minimum atomic E-state index is -0.199. The van der Waals surface area contributed by atoms with E-state index in [9.17, 15) is 0 Å². The van der Waals surface area contributed by atoms with Gasteiger partial charge in [0.25, 0.3) is 0 Å². The van der Waals surface area contributed by atoms with E-state index in [4.69, 9.17) is 9.97 Å². The highest BCUT2D eigenvalue weighted by atomic mass is 15.2. The van der Waals surface area contributed by atoms with Crippen LogP contribution in [0.2, 0.25) is 0 Å². The van der Waals surface area contributed by atoms with Gasteiger partial charge >= 0.3 is 0 Å². The lowest BCUT2D eigenvalue weighted by Crippen LogP contribution is -2.38. The third-order valence-corrected chi connectivity index (χ3v) is 11.8. The van der Waals surface area contributed by atoms with Crippen molar-refractivity contribution in [2.24, 2.45) is 0 Å². The van der Waals surface area contributed by atoms with Crippen LogP contribution in [0.25, 0.3) is 55.1 Å². The summed E-state index contributed by atoms with van der Waals surface area (Å²) in [5.74, 6) is 1.01. The van der Waals surface area contributed by atoms with Gasteiger partial charge in [0.05, 0.1) is 27.9 Å². The third kappa shape index (κ3) is 3.60. The lowest BCUT2D eigenvalue weighted by molar-refractivity contribution is 0.594. The molecule has 6 heterocycles. The van der Waals surface area contributed by atoms with Crippen molar-refractivity contribution >= 4 is 60.9 Å². The Bertz CT molecular complexity index is 2870. The number of nitrogens with zero attached hydrogens (tertiary/aromatic N) is 5. The molecule has 5 heteroatoms. The Hall–Kier alpha value is -6.20. The molecule has 0 saturated heterocycles. The van der Waals surface area contributed by atoms with Crippen LogP contribution in [0.15, 0.2) is 140 Å². The third-order valence-electron chi connectivity index (χ3n) is 11.8. The number of hydrogen-bond donors (Lipinski definition) is 0. The van der Waals surface area contributed by atoms with Gasteiger partial charge in [0.15, 0.2) is 0 Å². The van der Waals surface area contributed by atoms with Gasteiger partial charge in [0.2, 0.25) is 0 Å². The molecule has 0 atom stereocenters. The minimum absolute atomic E-state index is 0.179. The Morgan fingerprint density at radius 1 is 0.451 bits per heavy atom. The van der Waals surface area contributed by atoms with Crippen LogP contribution in [0.3, 0.4) is 0 Å². The second-order valence-electron chi connectivity index (χ2n) is 15.1. The normalized spacial score (nSPS) is 15.3. The Kier molecular flexibility index (Phi) is 5.46. The zero-order valence-electron chi connectivity index (χ0n) is 29.0. The summed E-state index contributed by atoms with van der Waals surface area (Å²) < 4.78 is 4.75. The number of pyridine rings is 2. The monoisotopic (exact) mass is 657 g/mol. The SMILES string of the molecule is CC1(C)c2ccc(-n3c4ccccc4c4ccc(-n5c6ccccc6c6cccnc65)cc43)cc2N2c3ncccc3C(C)(C)c3cccc1c32. The molecule has 0 aliphatic carbocycles. The van der Waals surface area contributed by atoms with Gasteiger partial charge in [-0.1, -0.05) is 100 Å². The van der Waals surface area contributed by atoms with Crippen molar-refractivity contribution in [2.45, 2.75) is 38.5 Å². The molecule has 0 saturated carbocycles. The predicted molar refractivity (Wildman–Crippen MR) is 210 cm³/mol. The van der Waals surface area contributed by atoms with Gasteiger partial charge in [0, 0.05) is 61.7 Å². The standard InChI is InChI=1S/C46H35N5/c1-45(2)34-23-21-28(27-41(34)51-42-35(45)15-9-16-36(42)46(3,4)37-17-11-25-48-44(37)51)49-38-18-7-5-12-30(38)32-22-20-29(26-40(32)49)50-39-19-8-6-13-31(39)33-14-10-24-47-43(33)50/h5-27H,1-4H3. The van der Waals surface area contributed by atoms with Crippen molar-refractivity contribution in [2.75, 3.05) is 4.90 Å². The van der Waals surface area contributed by atoms with Crippen molar-refractivity contribution in [3.63, 3.8) is 0 Å². The molecule has 51 heavy (non-hydrogen) atoms. The molecule has 0 fully saturated rings. The molecule has 2 aliphatic heterocycles. The van der Waals surface area contributed by atoms with Crippen LogP contribution in [-0.4, -0.2) is 19.1 Å². The lowest BCUT2D eigenvalue weighted by atomic mass is 9.67. The van der Waals surface area contributed by atoms with Crippen molar-refractivity contribution in [3.05, 3.63) is 162 Å². The summed E-state index contributed by atoms with van der Waals surface area (Å²) in [7, 11) is 0. The first-order valence-electron chi connectivity index (χ1n) is 17.8. The van der Waals surface area contributed by atoms with Gasteiger partial charge in [-0.25, -0.2) is 9.97 Å². The fourth-order valence-electron chi connectivity index (χ4n) is 9.29. The molecule has 0 spiro atoms. The van der Waals surface area contributed by atoms with E-state index in [1.807, 2.05) is 18.5 Å². The lowest BCUT2D eigenvalue weighted by Gasteiger charge is -2.48. The van der Waals surface area contributed by atoms with Gasteiger partial charge < -0.3 is 4.57 Å². The number of rotatable bonds is 2. The number of benzene rings is 5. The van der Waals surface area contributed by atoms with E-state index in [1.165, 1.54) is 55.3 Å². The van der Waals surface area contributed by atoms with Crippen molar-refractivity contribution < 1.29 is 0 Å². The van der Waals surface area contributed by atoms with Gasteiger partial charge in [-0.05, 0) is 71.3 Å². The molecule has 0 amide bonds. The molecular weight excluding hydrogens is 623 g/mol. The maximum Gasteiger partial charge on any atom is 0.145 e. The van der Waals surface area contributed by atoms with Crippen molar-refractivity contribution in [1.82, 2.24) is 19.1 Å². The van der Waals surface area contributed by atoms with Crippen molar-refractivity contribution in [3.8, 4) is 11.4 Å². The Balaban J connectivity index is 1.20. The van der Waals surface area contributed by atoms with Crippen LogP contribution in [0.4, 0.5) is 17.2 Å². The average molecular weight is 658 g/mol. The maximum atomic E-state index is 5.08. The summed E-state index contributed by atoms with van der Waals surface area (Å²) >= 11 is 0. The summed E-state index contributed by atoms with van der Waals surface area (Å²) in [6.45, 7) is 9.40. The first-order valence-corrected chi connectivity index (χ1v) is 17.8. The molecule has 0 unspecified atom stereocenters. The van der Waals surface area contributed by atoms with Gasteiger partial charge in [0.1, 0.15) is 11.5 Å². The number of fused-ring (bicyclic) bond motifs is 10. The minimum Gasteiger partial charge on any atom is -0.309 e. The zero-order valence-corrected chi connectivity index (χ0v) is 29.0. The zero-order chi connectivity index (χ0) is 34.2. The van der Waals surface area contributed by atoms with E-state index in [0.717, 1.165) is 39.3 Å². The summed E-state index contributed by atoms with van der Waals surface area (Å²) in [6.07, 6.45) is 3.82. The van der Waals surface area contributed by atoms with Crippen LogP contribution in [-0.2, 0) is 10.8 Å². The molecule has 0 radical (unpaired) electrons. The number of anilines is 3. The highest BCUT2D eigenvalue weighted by Crippen LogP contribution is 2.59. The number of aromatic nitrogens is 4. The fourth-order valence-corrected chi connectivity index (χ4v) is 9.29. The predicted octanol–water partition coefficient (Wildman–Crippen LogP) is 11.4. The first kappa shape index (κ1) is 28.6. The molecule has 0 bridgehead atoms. The second-order valence-corrected chi connectivity index (χ2v) is 15.1. The second kappa shape index (κ2) is 9.73. The number of hydrogen-bond acceptors (Lipinski definition) is 3. The molecule has 11 rings (SSSR count). The van der Waals surface area contributed by atoms with E-state index in [0.29, 0.717) is 0 Å². The van der Waals surface area contributed by atoms with Crippen molar-refractivity contribution in [1.29, 1.82) is 0 Å². The van der Waals surface area contributed by atoms with E-state index in [1.54, 1.807) is 0 Å². The van der Waals surface area contributed by atoms with Crippen LogP contribution in [0, 0.1) is 0 Å². The highest BCUT2D eigenvalue weighted by molar-refractivity contribution is 6.11. The molecule has 244 valence electrons. The Labute approximate surface area is 296 Å². The number of para-hydroxylation sites is 3. The Morgan fingerprint density at radius 3 is 1.84 bits per heavy atom. The molecule has 4 aromatic heterocycles. The highest BCUT2D eigenvalue weighted by Gasteiger charge is 2.46. The average Bonchev–Trinajstić information content (AvgIpc) is 3.67. The van der Waals surface area contributed by atoms with Crippen LogP contribution < -0.4 is 4.90 Å². The maximum absolute atomic E-state index is 5.08. The fraction of sp³-hybridized carbons (Fsp3) is 0.130. The topological polar surface area (TPSA) is 38.9 Å². The van der Waals surface area contributed by atoms with Gasteiger partial charge in [-0.2, -0.15) is 0 Å². The van der Waals surface area contributed by atoms with Gasteiger partial charge in [-0.3, -0.25) is 9.47 Å². The molecule has 5 nitrogen and oxygen atoms in total. The Morgan fingerprint density at radius 2 is 1.04 bits per heavy atom. The molecule has 0 N–H and O–H groups in total. The quantitative estimate of drug-likeness (QED) is 0.186. The summed E-state index contributed by atoms with van der Waals surface area (Å²) in [5, 5.41) is 4.82. The van der Waals surface area contributed by atoms with E-state index < -0.39 is 0 Å². The summed E-state index contributed by atoms with van der Waals surface area (Å²) in [5.41, 5.74) is 14.0. The molecule has 9 aromatic rings. The molecule has 5 aromatic carbocycles. The van der Waals surface area contributed by atoms with E-state index >= 15 is 0 Å². The van der Waals surface area contributed by atoms with Crippen LogP contribution >= 0.6 is 0 Å². The van der Waals surface area contributed by atoms with E-state index in [-0.39, 0.29) is 10.8 Å². The first-order chi connectivity index (χ1) is 24.8. The summed E-state index contributed by atoms with van der Waals surface area (Å²) in [4.78, 5) is 12.4. The van der Waals surface area contributed by atoms with Gasteiger partial charge in [-0.15, -0.1) is 0 Å².